The number of hydrogen-bond donors (Lipinski definition) is 1. The van der Waals surface area contributed by atoms with Crippen molar-refractivity contribution < 1.29 is 22.3 Å². The lowest BCUT2D eigenvalue weighted by Crippen LogP contribution is -2.27. The van der Waals surface area contributed by atoms with E-state index >= 15 is 0 Å². The van der Waals surface area contributed by atoms with E-state index in [1.54, 1.807) is 12.1 Å². The Morgan fingerprint density at radius 2 is 1.88 bits per heavy atom. The van der Waals surface area contributed by atoms with Crippen molar-refractivity contribution in [1.29, 1.82) is 0 Å². The Labute approximate surface area is 157 Å². The lowest BCUT2D eigenvalue weighted by molar-refractivity contribution is -0.120. The van der Waals surface area contributed by atoms with Crippen LogP contribution in [0.4, 0.5) is 4.39 Å². The summed E-state index contributed by atoms with van der Waals surface area (Å²) in [5.41, 5.74) is 0. The molecular formula is C18H19ClFNO4S. The molecule has 140 valence electrons. The average Bonchev–Trinajstić information content (AvgIpc) is 2.61. The van der Waals surface area contributed by atoms with Gasteiger partial charge in [-0.3, -0.25) is 4.79 Å². The van der Waals surface area contributed by atoms with E-state index in [2.05, 4.69) is 5.32 Å². The van der Waals surface area contributed by atoms with E-state index in [-0.39, 0.29) is 28.8 Å². The maximum Gasteiger partial charge on any atom is 0.221 e. The van der Waals surface area contributed by atoms with Crippen LogP contribution >= 0.6 is 11.6 Å². The summed E-state index contributed by atoms with van der Waals surface area (Å²) in [6, 6.07) is 11.6. The molecule has 0 aliphatic heterocycles. The molecule has 5 nitrogen and oxygen atoms in total. The van der Waals surface area contributed by atoms with E-state index in [0.29, 0.717) is 30.3 Å². The third kappa shape index (κ3) is 6.65. The normalized spacial score (nSPS) is 11.2. The van der Waals surface area contributed by atoms with Gasteiger partial charge >= 0.3 is 0 Å². The summed E-state index contributed by atoms with van der Waals surface area (Å²) in [6.07, 6.45) is 0.415. The number of hydrogen-bond acceptors (Lipinski definition) is 4. The van der Waals surface area contributed by atoms with Crippen LogP contribution in [0.25, 0.3) is 0 Å². The van der Waals surface area contributed by atoms with E-state index in [4.69, 9.17) is 16.3 Å². The largest absolute Gasteiger partial charge is 0.494 e. The first kappa shape index (κ1) is 20.2. The molecule has 2 rings (SSSR count). The second-order valence-electron chi connectivity index (χ2n) is 5.53. The van der Waals surface area contributed by atoms with Gasteiger partial charge in [-0.15, -0.1) is 0 Å². The summed E-state index contributed by atoms with van der Waals surface area (Å²) < 4.78 is 42.5. The highest BCUT2D eigenvalue weighted by Gasteiger charge is 2.16. The van der Waals surface area contributed by atoms with E-state index in [1.807, 2.05) is 0 Å². The molecule has 2 aromatic carbocycles. The van der Waals surface area contributed by atoms with Crippen LogP contribution in [0.1, 0.15) is 12.8 Å². The van der Waals surface area contributed by atoms with Crippen LogP contribution in [-0.4, -0.2) is 33.2 Å². The van der Waals surface area contributed by atoms with Crippen molar-refractivity contribution in [3.8, 4) is 5.75 Å². The van der Waals surface area contributed by atoms with Gasteiger partial charge in [-0.05, 0) is 48.9 Å². The van der Waals surface area contributed by atoms with Crippen LogP contribution < -0.4 is 10.1 Å². The molecule has 0 atom stereocenters. The number of benzene rings is 2. The van der Waals surface area contributed by atoms with Crippen molar-refractivity contribution in [1.82, 2.24) is 5.32 Å². The molecule has 0 aliphatic rings. The van der Waals surface area contributed by atoms with E-state index in [9.17, 15) is 17.6 Å². The summed E-state index contributed by atoms with van der Waals surface area (Å²) in [5, 5.41) is 2.97. The summed E-state index contributed by atoms with van der Waals surface area (Å²) in [5.74, 6) is -0.425. The van der Waals surface area contributed by atoms with Gasteiger partial charge in [0.25, 0.3) is 0 Å². The van der Waals surface area contributed by atoms with Crippen LogP contribution in [0.5, 0.6) is 5.75 Å². The molecule has 0 saturated carbocycles. The van der Waals surface area contributed by atoms with E-state index in [1.165, 1.54) is 36.4 Å². The zero-order valence-corrected chi connectivity index (χ0v) is 15.5. The van der Waals surface area contributed by atoms with Crippen molar-refractivity contribution in [2.45, 2.75) is 17.7 Å². The number of ether oxygens (including phenoxy) is 1. The van der Waals surface area contributed by atoms with Crippen LogP contribution in [0.15, 0.2) is 53.4 Å². The maximum atomic E-state index is 12.8. The molecule has 0 aliphatic carbocycles. The number of halogens is 2. The van der Waals surface area contributed by atoms with Crippen LogP contribution in [0.3, 0.4) is 0 Å². The molecule has 1 amide bonds. The van der Waals surface area contributed by atoms with Crippen LogP contribution in [0.2, 0.25) is 5.02 Å². The predicted octanol–water partition coefficient (Wildman–Crippen LogP) is 3.23. The molecule has 0 spiro atoms. The van der Waals surface area contributed by atoms with Gasteiger partial charge in [0.05, 0.1) is 17.3 Å². The molecule has 8 heteroatoms. The molecule has 2 aromatic rings. The highest BCUT2D eigenvalue weighted by atomic mass is 35.5. The molecule has 0 bridgehead atoms. The minimum atomic E-state index is -3.55. The molecule has 0 saturated heterocycles. The molecule has 26 heavy (non-hydrogen) atoms. The Balaban J connectivity index is 1.66. The zero-order chi connectivity index (χ0) is 19.0. The molecular weight excluding hydrogens is 381 g/mol. The van der Waals surface area contributed by atoms with E-state index < -0.39 is 9.84 Å². The SMILES string of the molecule is O=C(CCS(=O)(=O)c1cccc(Cl)c1)NCCCOc1ccc(F)cc1. The smallest absolute Gasteiger partial charge is 0.221 e. The third-order valence-electron chi connectivity index (χ3n) is 3.48. The minimum absolute atomic E-state index is 0.102. The van der Waals surface area contributed by atoms with Gasteiger partial charge in [0.1, 0.15) is 11.6 Å². The summed E-state index contributed by atoms with van der Waals surface area (Å²) in [6.45, 7) is 0.712. The van der Waals surface area contributed by atoms with Gasteiger partial charge in [-0.25, -0.2) is 12.8 Å². The van der Waals surface area contributed by atoms with Gasteiger partial charge in [-0.1, -0.05) is 17.7 Å². The molecule has 0 fully saturated rings. The predicted molar refractivity (Wildman–Crippen MR) is 97.6 cm³/mol. The minimum Gasteiger partial charge on any atom is -0.494 e. The van der Waals surface area contributed by atoms with Gasteiger partial charge < -0.3 is 10.1 Å². The number of carbonyl (C=O) groups is 1. The first-order valence-electron chi connectivity index (χ1n) is 8.00. The number of sulfone groups is 1. The first-order chi connectivity index (χ1) is 12.4. The molecule has 0 unspecified atom stereocenters. The molecule has 0 heterocycles. The Morgan fingerprint density at radius 1 is 1.15 bits per heavy atom. The van der Waals surface area contributed by atoms with Crippen LogP contribution in [-0.2, 0) is 14.6 Å². The van der Waals surface area contributed by atoms with Crippen molar-refractivity contribution >= 4 is 27.3 Å². The Kier molecular flexibility index (Phi) is 7.41. The average molecular weight is 400 g/mol. The fourth-order valence-corrected chi connectivity index (χ4v) is 3.65. The Morgan fingerprint density at radius 3 is 2.58 bits per heavy atom. The van der Waals surface area contributed by atoms with Gasteiger partial charge in [-0.2, -0.15) is 0 Å². The lowest BCUT2D eigenvalue weighted by Gasteiger charge is -2.08. The maximum absolute atomic E-state index is 12.8. The topological polar surface area (TPSA) is 72.5 Å². The fraction of sp³-hybridized carbons (Fsp3) is 0.278. The standard InChI is InChI=1S/C18H19ClFNO4S/c19-14-3-1-4-17(13-14)26(23,24)12-9-18(22)21-10-2-11-25-16-7-5-15(20)6-8-16/h1,3-8,13H,2,9-12H2,(H,21,22). The fourth-order valence-electron chi connectivity index (χ4n) is 2.11. The molecule has 1 N–H and O–H groups in total. The summed E-state index contributed by atoms with van der Waals surface area (Å²) in [4.78, 5) is 11.9. The monoisotopic (exact) mass is 399 g/mol. The number of amides is 1. The summed E-state index contributed by atoms with van der Waals surface area (Å²) >= 11 is 5.79. The van der Waals surface area contributed by atoms with Crippen molar-refractivity contribution in [3.63, 3.8) is 0 Å². The van der Waals surface area contributed by atoms with Crippen molar-refractivity contribution in [2.24, 2.45) is 0 Å². The van der Waals surface area contributed by atoms with Crippen LogP contribution in [0, 0.1) is 5.82 Å². The van der Waals surface area contributed by atoms with E-state index in [0.717, 1.165) is 0 Å². The highest BCUT2D eigenvalue weighted by Crippen LogP contribution is 2.17. The number of rotatable bonds is 9. The van der Waals surface area contributed by atoms with Crippen molar-refractivity contribution in [2.75, 3.05) is 18.9 Å². The molecule has 0 radical (unpaired) electrons. The van der Waals surface area contributed by atoms with Gasteiger partial charge in [0, 0.05) is 18.0 Å². The van der Waals surface area contributed by atoms with Gasteiger partial charge in [0.2, 0.25) is 5.91 Å². The third-order valence-corrected chi connectivity index (χ3v) is 5.43. The first-order valence-corrected chi connectivity index (χ1v) is 10.0. The number of nitrogens with one attached hydrogen (secondary N) is 1. The zero-order valence-electron chi connectivity index (χ0n) is 14.0. The van der Waals surface area contributed by atoms with Crippen molar-refractivity contribution in [3.05, 3.63) is 59.4 Å². The number of carbonyl (C=O) groups excluding carboxylic acids is 1. The Hall–Kier alpha value is -2.12. The molecule has 0 aromatic heterocycles. The summed E-state index contributed by atoms with van der Waals surface area (Å²) in [7, 11) is -3.55. The highest BCUT2D eigenvalue weighted by molar-refractivity contribution is 7.91. The van der Waals surface area contributed by atoms with Gasteiger partial charge in [0.15, 0.2) is 9.84 Å². The second-order valence-corrected chi connectivity index (χ2v) is 8.08. The Bertz CT molecular complexity index is 841. The quantitative estimate of drug-likeness (QED) is 0.657. The lowest BCUT2D eigenvalue weighted by atomic mass is 10.3. The second kappa shape index (κ2) is 9.54.